The molecule has 0 aromatic carbocycles. The maximum Gasteiger partial charge on any atom is 0.410 e. The van der Waals surface area contributed by atoms with Crippen molar-refractivity contribution in [1.82, 2.24) is 4.90 Å². The Morgan fingerprint density at radius 2 is 2.00 bits per heavy atom. The quantitative estimate of drug-likeness (QED) is 0.844. The number of hydrogen-bond donors (Lipinski definition) is 1. The molecule has 1 amide bonds. The van der Waals surface area contributed by atoms with Crippen molar-refractivity contribution in [3.8, 4) is 0 Å². The number of ether oxygens (including phenoxy) is 1. The third kappa shape index (κ3) is 4.60. The van der Waals surface area contributed by atoms with Gasteiger partial charge < -0.3 is 15.4 Å². The van der Waals surface area contributed by atoms with E-state index in [1.54, 1.807) is 25.7 Å². The minimum atomic E-state index is -2.51. The number of likely N-dealkylation sites (tertiary alicyclic amines) is 1. The SMILES string of the molecule is CC1CN(C(=O)OC(C)(C)C)CCC1C(N)C(F)F. The summed E-state index contributed by atoms with van der Waals surface area (Å²) < 4.78 is 30.5. The van der Waals surface area contributed by atoms with Crippen molar-refractivity contribution >= 4 is 6.09 Å². The molecule has 1 saturated heterocycles. The summed E-state index contributed by atoms with van der Waals surface area (Å²) in [5, 5.41) is 0. The zero-order valence-corrected chi connectivity index (χ0v) is 12.0. The van der Waals surface area contributed by atoms with Gasteiger partial charge in [-0.05, 0) is 39.0 Å². The number of carbonyl (C=O) groups excluding carboxylic acids is 1. The topological polar surface area (TPSA) is 55.6 Å². The Hall–Kier alpha value is -0.910. The summed E-state index contributed by atoms with van der Waals surface area (Å²) in [5.41, 5.74) is 4.98. The zero-order valence-electron chi connectivity index (χ0n) is 12.0. The fraction of sp³-hybridized carbons (Fsp3) is 0.923. The summed E-state index contributed by atoms with van der Waals surface area (Å²) in [6.07, 6.45) is -2.41. The van der Waals surface area contributed by atoms with E-state index in [9.17, 15) is 13.6 Å². The summed E-state index contributed by atoms with van der Waals surface area (Å²) in [6, 6.07) is -1.12. The fourth-order valence-electron chi connectivity index (χ4n) is 2.41. The number of hydrogen-bond acceptors (Lipinski definition) is 3. The molecule has 19 heavy (non-hydrogen) atoms. The molecule has 1 aliphatic heterocycles. The normalized spacial score (nSPS) is 26.4. The van der Waals surface area contributed by atoms with Crippen molar-refractivity contribution in [2.45, 2.75) is 52.2 Å². The van der Waals surface area contributed by atoms with Gasteiger partial charge in [0.1, 0.15) is 5.60 Å². The first-order valence-corrected chi connectivity index (χ1v) is 6.63. The van der Waals surface area contributed by atoms with Crippen LogP contribution in [0.4, 0.5) is 13.6 Å². The molecule has 0 bridgehead atoms. The van der Waals surface area contributed by atoms with Crippen molar-refractivity contribution in [2.75, 3.05) is 13.1 Å². The van der Waals surface area contributed by atoms with Gasteiger partial charge in [0.2, 0.25) is 0 Å². The van der Waals surface area contributed by atoms with Gasteiger partial charge >= 0.3 is 6.09 Å². The summed E-state index contributed by atoms with van der Waals surface area (Å²) in [5.74, 6) is -0.302. The second-order valence-corrected chi connectivity index (χ2v) is 6.27. The average Bonchev–Trinajstić information content (AvgIpc) is 2.25. The third-order valence-corrected chi connectivity index (χ3v) is 3.41. The lowest BCUT2D eigenvalue weighted by Gasteiger charge is -2.39. The van der Waals surface area contributed by atoms with Crippen molar-refractivity contribution in [3.05, 3.63) is 0 Å². The fourth-order valence-corrected chi connectivity index (χ4v) is 2.41. The maximum atomic E-state index is 12.6. The highest BCUT2D eigenvalue weighted by Crippen LogP contribution is 2.28. The van der Waals surface area contributed by atoms with Crippen LogP contribution in [0, 0.1) is 11.8 Å². The highest BCUT2D eigenvalue weighted by atomic mass is 19.3. The predicted molar refractivity (Wildman–Crippen MR) is 69.1 cm³/mol. The minimum absolute atomic E-state index is 0.0507. The van der Waals surface area contributed by atoms with E-state index in [1.807, 2.05) is 6.92 Å². The lowest BCUT2D eigenvalue weighted by atomic mass is 9.82. The molecule has 1 heterocycles. The van der Waals surface area contributed by atoms with Crippen LogP contribution in [0.2, 0.25) is 0 Å². The van der Waals surface area contributed by atoms with E-state index in [0.29, 0.717) is 19.5 Å². The molecule has 0 radical (unpaired) electrons. The monoisotopic (exact) mass is 278 g/mol. The molecule has 6 heteroatoms. The maximum absolute atomic E-state index is 12.6. The standard InChI is InChI=1S/C13H24F2N2O2/c1-8-7-17(12(18)19-13(2,3)4)6-5-9(8)10(16)11(14)15/h8-11H,5-7,16H2,1-4H3. The van der Waals surface area contributed by atoms with E-state index in [0.717, 1.165) is 0 Å². The summed E-state index contributed by atoms with van der Waals surface area (Å²) in [7, 11) is 0. The van der Waals surface area contributed by atoms with Crippen LogP contribution in [0.1, 0.15) is 34.1 Å². The number of halogens is 2. The van der Waals surface area contributed by atoms with Gasteiger partial charge in [0.25, 0.3) is 6.43 Å². The van der Waals surface area contributed by atoms with E-state index in [-0.39, 0.29) is 17.9 Å². The highest BCUT2D eigenvalue weighted by molar-refractivity contribution is 5.68. The molecule has 1 fully saturated rings. The lowest BCUT2D eigenvalue weighted by molar-refractivity contribution is 0.000453. The van der Waals surface area contributed by atoms with Gasteiger partial charge in [-0.2, -0.15) is 0 Å². The number of carbonyl (C=O) groups is 1. The summed E-state index contributed by atoms with van der Waals surface area (Å²) >= 11 is 0. The molecule has 0 saturated carbocycles. The number of amides is 1. The number of rotatable bonds is 2. The van der Waals surface area contributed by atoms with Crippen molar-refractivity contribution in [1.29, 1.82) is 0 Å². The molecular formula is C13H24F2N2O2. The Kier molecular flexibility index (Phi) is 5.12. The summed E-state index contributed by atoms with van der Waals surface area (Å²) in [6.45, 7) is 8.09. The molecule has 3 atom stereocenters. The molecule has 0 aliphatic carbocycles. The molecule has 0 spiro atoms. The van der Waals surface area contributed by atoms with Crippen LogP contribution in [0.5, 0.6) is 0 Å². The van der Waals surface area contributed by atoms with Gasteiger partial charge in [-0.15, -0.1) is 0 Å². The Morgan fingerprint density at radius 1 is 1.42 bits per heavy atom. The van der Waals surface area contributed by atoms with Crippen LogP contribution in [0.15, 0.2) is 0 Å². The average molecular weight is 278 g/mol. The van der Waals surface area contributed by atoms with Crippen molar-refractivity contribution in [3.63, 3.8) is 0 Å². The molecule has 0 aromatic heterocycles. The predicted octanol–water partition coefficient (Wildman–Crippen LogP) is 2.47. The van der Waals surface area contributed by atoms with E-state index in [4.69, 9.17) is 10.5 Å². The van der Waals surface area contributed by atoms with Gasteiger partial charge in [-0.1, -0.05) is 6.92 Å². The van der Waals surface area contributed by atoms with Gasteiger partial charge in [0, 0.05) is 13.1 Å². The van der Waals surface area contributed by atoms with Crippen LogP contribution < -0.4 is 5.73 Å². The Balaban J connectivity index is 2.56. The largest absolute Gasteiger partial charge is 0.444 e. The van der Waals surface area contributed by atoms with Crippen LogP contribution in [-0.4, -0.2) is 42.2 Å². The molecule has 0 aromatic rings. The zero-order chi connectivity index (χ0) is 14.8. The molecule has 3 unspecified atom stereocenters. The van der Waals surface area contributed by atoms with Crippen LogP contribution in [-0.2, 0) is 4.74 Å². The summed E-state index contributed by atoms with van der Waals surface area (Å²) in [4.78, 5) is 13.5. The van der Waals surface area contributed by atoms with E-state index < -0.39 is 18.1 Å². The highest BCUT2D eigenvalue weighted by Gasteiger charge is 2.36. The van der Waals surface area contributed by atoms with Crippen molar-refractivity contribution < 1.29 is 18.3 Å². The lowest BCUT2D eigenvalue weighted by Crippen LogP contribution is -2.51. The second-order valence-electron chi connectivity index (χ2n) is 6.27. The molecule has 2 N–H and O–H groups in total. The Labute approximate surface area is 113 Å². The number of nitrogens with two attached hydrogens (primary N) is 1. The number of alkyl halides is 2. The first-order valence-electron chi connectivity index (χ1n) is 6.63. The second kappa shape index (κ2) is 6.03. The molecule has 112 valence electrons. The Morgan fingerprint density at radius 3 is 2.42 bits per heavy atom. The third-order valence-electron chi connectivity index (χ3n) is 3.41. The van der Waals surface area contributed by atoms with Gasteiger partial charge in [-0.3, -0.25) is 0 Å². The van der Waals surface area contributed by atoms with Gasteiger partial charge in [0.15, 0.2) is 0 Å². The van der Waals surface area contributed by atoms with Gasteiger partial charge in [0.05, 0.1) is 6.04 Å². The first-order chi connectivity index (χ1) is 8.61. The van der Waals surface area contributed by atoms with Gasteiger partial charge in [-0.25, -0.2) is 13.6 Å². The Bertz CT molecular complexity index is 318. The van der Waals surface area contributed by atoms with E-state index >= 15 is 0 Å². The van der Waals surface area contributed by atoms with E-state index in [2.05, 4.69) is 0 Å². The van der Waals surface area contributed by atoms with Crippen LogP contribution in [0.3, 0.4) is 0 Å². The minimum Gasteiger partial charge on any atom is -0.444 e. The molecular weight excluding hydrogens is 254 g/mol. The van der Waals surface area contributed by atoms with E-state index in [1.165, 1.54) is 0 Å². The molecule has 1 rings (SSSR count). The van der Waals surface area contributed by atoms with Crippen LogP contribution in [0.25, 0.3) is 0 Å². The number of nitrogens with zero attached hydrogens (tertiary/aromatic N) is 1. The smallest absolute Gasteiger partial charge is 0.410 e. The molecule has 1 aliphatic rings. The van der Waals surface area contributed by atoms with Crippen molar-refractivity contribution in [2.24, 2.45) is 17.6 Å². The van der Waals surface area contributed by atoms with Crippen LogP contribution >= 0.6 is 0 Å². The first kappa shape index (κ1) is 16.1. The number of piperidine rings is 1. The molecule has 4 nitrogen and oxygen atoms in total.